The zero-order valence-corrected chi connectivity index (χ0v) is 16.6. The number of rotatable bonds is 5. The molecule has 0 bridgehead atoms. The molecule has 3 rings (SSSR count). The topological polar surface area (TPSA) is 41.8 Å². The van der Waals surface area contributed by atoms with Gasteiger partial charge in [0.2, 0.25) is 0 Å². The molecule has 0 unspecified atom stereocenters. The normalized spacial score (nSPS) is 9.63. The van der Waals surface area contributed by atoms with Crippen LogP contribution in [0.4, 0.5) is 11.4 Å². The minimum absolute atomic E-state index is 0.0998. The molecule has 0 saturated heterocycles. The number of hydrogen-bond donors (Lipinski definition) is 0. The summed E-state index contributed by atoms with van der Waals surface area (Å²) in [7, 11) is 0. The van der Waals surface area contributed by atoms with E-state index in [2.05, 4.69) is 10.2 Å². The highest BCUT2D eigenvalue weighted by molar-refractivity contribution is 5.97. The van der Waals surface area contributed by atoms with Crippen LogP contribution in [-0.2, 0) is 6.42 Å². The summed E-state index contributed by atoms with van der Waals surface area (Å²) < 4.78 is 0. The number of benzene rings is 3. The smallest absolute Gasteiger partial charge is 0.167 e. The highest BCUT2D eigenvalue weighted by atomic mass is 16.1. The van der Waals surface area contributed by atoms with Crippen molar-refractivity contribution in [2.24, 2.45) is 10.2 Å². The maximum atomic E-state index is 12.3. The Morgan fingerprint density at radius 3 is 1.59 bits per heavy atom. The Bertz CT molecular complexity index is 795. The van der Waals surface area contributed by atoms with Gasteiger partial charge in [-0.1, -0.05) is 76.2 Å². The minimum atomic E-state index is 0.0998. The third kappa shape index (κ3) is 7.78. The predicted molar refractivity (Wildman–Crippen MR) is 114 cm³/mol. The fourth-order valence-electron chi connectivity index (χ4n) is 2.21. The van der Waals surface area contributed by atoms with Gasteiger partial charge in [0.1, 0.15) is 0 Å². The lowest BCUT2D eigenvalue weighted by Gasteiger charge is -2.02. The average Bonchev–Trinajstić information content (AvgIpc) is 2.77. The van der Waals surface area contributed by atoms with E-state index in [-0.39, 0.29) is 5.78 Å². The van der Waals surface area contributed by atoms with E-state index < -0.39 is 0 Å². The molecule has 27 heavy (non-hydrogen) atoms. The molecule has 0 aliphatic carbocycles. The van der Waals surface area contributed by atoms with Crippen molar-refractivity contribution in [2.45, 2.75) is 34.1 Å². The molecule has 0 amide bonds. The van der Waals surface area contributed by atoms with Gasteiger partial charge in [0.15, 0.2) is 5.78 Å². The second-order valence-corrected chi connectivity index (χ2v) is 5.17. The molecule has 3 aromatic rings. The molecule has 0 heterocycles. The quantitative estimate of drug-likeness (QED) is 0.341. The summed E-state index contributed by atoms with van der Waals surface area (Å²) in [6.07, 6.45) is 0.408. The van der Waals surface area contributed by atoms with E-state index in [9.17, 15) is 4.79 Å². The van der Waals surface area contributed by atoms with E-state index in [0.29, 0.717) is 12.0 Å². The molecular formula is C24H28N2O. The van der Waals surface area contributed by atoms with E-state index in [1.54, 1.807) is 12.1 Å². The van der Waals surface area contributed by atoms with E-state index >= 15 is 0 Å². The number of azo groups is 1. The second-order valence-electron chi connectivity index (χ2n) is 5.17. The number of Topliss-reactive ketones (excluding diaryl/α,β-unsaturated/α-hetero) is 1. The van der Waals surface area contributed by atoms with Crippen LogP contribution >= 0.6 is 0 Å². The van der Waals surface area contributed by atoms with Crippen LogP contribution in [0.5, 0.6) is 0 Å². The van der Waals surface area contributed by atoms with Crippen LogP contribution in [0.25, 0.3) is 0 Å². The molecule has 0 aromatic heterocycles. The van der Waals surface area contributed by atoms with Gasteiger partial charge in [-0.25, -0.2) is 0 Å². The highest BCUT2D eigenvalue weighted by Gasteiger charge is 2.06. The molecule has 0 radical (unpaired) electrons. The van der Waals surface area contributed by atoms with Gasteiger partial charge in [-0.15, -0.1) is 0 Å². The first kappa shape index (κ1) is 22.0. The summed E-state index contributed by atoms with van der Waals surface area (Å²) >= 11 is 0. The fraction of sp³-hybridized carbons (Fsp3) is 0.208. The summed E-state index contributed by atoms with van der Waals surface area (Å²) in [5.41, 5.74) is 3.24. The van der Waals surface area contributed by atoms with Crippen LogP contribution in [-0.4, -0.2) is 5.78 Å². The number of carbonyl (C=O) groups is 1. The van der Waals surface area contributed by atoms with Crippen LogP contribution in [0.1, 0.15) is 43.6 Å². The van der Waals surface area contributed by atoms with Crippen molar-refractivity contribution >= 4 is 17.2 Å². The Hall–Kier alpha value is -3.07. The molecule has 0 spiro atoms. The molecule has 3 heteroatoms. The van der Waals surface area contributed by atoms with Crippen LogP contribution in [0, 0.1) is 0 Å². The number of nitrogens with zero attached hydrogens (tertiary/aromatic N) is 2. The average molecular weight is 361 g/mol. The predicted octanol–water partition coefficient (Wildman–Crippen LogP) is 7.58. The summed E-state index contributed by atoms with van der Waals surface area (Å²) in [6.45, 7) is 8.00. The van der Waals surface area contributed by atoms with Crippen LogP contribution in [0.3, 0.4) is 0 Å². The van der Waals surface area contributed by atoms with Gasteiger partial charge in [0.25, 0.3) is 0 Å². The monoisotopic (exact) mass is 360 g/mol. The number of hydrogen-bond acceptors (Lipinski definition) is 3. The Labute approximate surface area is 162 Å². The molecule has 0 aliphatic rings. The molecule has 0 N–H and O–H groups in total. The SMILES string of the molecule is CC.CC.O=C(Cc1ccccc1)c1ccc(N=Nc2ccccc2)cc1. The van der Waals surface area contributed by atoms with Gasteiger partial charge >= 0.3 is 0 Å². The van der Waals surface area contributed by atoms with Gasteiger partial charge in [-0.3, -0.25) is 4.79 Å². The molecule has 140 valence electrons. The summed E-state index contributed by atoms with van der Waals surface area (Å²) in [6, 6.07) is 26.5. The molecular weight excluding hydrogens is 332 g/mol. The van der Waals surface area contributed by atoms with Crippen LogP contribution in [0.2, 0.25) is 0 Å². The Morgan fingerprint density at radius 1 is 0.630 bits per heavy atom. The second kappa shape index (κ2) is 13.2. The van der Waals surface area contributed by atoms with Crippen molar-refractivity contribution in [1.82, 2.24) is 0 Å². The van der Waals surface area contributed by atoms with E-state index in [1.807, 2.05) is 100 Å². The maximum absolute atomic E-state index is 12.3. The van der Waals surface area contributed by atoms with Crippen LogP contribution < -0.4 is 0 Å². The van der Waals surface area contributed by atoms with Gasteiger partial charge in [0, 0.05) is 12.0 Å². The summed E-state index contributed by atoms with van der Waals surface area (Å²) in [5, 5.41) is 8.33. The number of carbonyl (C=O) groups excluding carboxylic acids is 1. The van der Waals surface area contributed by atoms with E-state index in [0.717, 1.165) is 16.9 Å². The molecule has 0 fully saturated rings. The fourth-order valence-corrected chi connectivity index (χ4v) is 2.21. The lowest BCUT2D eigenvalue weighted by molar-refractivity contribution is 0.0993. The standard InChI is InChI=1S/C20H16N2O.2C2H6/c23-20(15-16-7-3-1-4-8-16)17-11-13-19(14-12-17)22-21-18-9-5-2-6-10-18;2*1-2/h1-14H,15H2;2*1-2H3. The van der Waals surface area contributed by atoms with Crippen molar-refractivity contribution < 1.29 is 4.79 Å². The first-order valence-electron chi connectivity index (χ1n) is 9.45. The van der Waals surface area contributed by atoms with Crippen molar-refractivity contribution in [3.05, 3.63) is 96.1 Å². The lowest BCUT2D eigenvalue weighted by atomic mass is 10.0. The minimum Gasteiger partial charge on any atom is -0.294 e. The zero-order valence-electron chi connectivity index (χ0n) is 16.6. The first-order chi connectivity index (χ1) is 13.3. The third-order valence-corrected chi connectivity index (χ3v) is 3.43. The molecule has 3 aromatic carbocycles. The van der Waals surface area contributed by atoms with E-state index in [1.165, 1.54) is 0 Å². The number of ketones is 1. The lowest BCUT2D eigenvalue weighted by Crippen LogP contribution is -2.02. The van der Waals surface area contributed by atoms with Gasteiger partial charge < -0.3 is 0 Å². The van der Waals surface area contributed by atoms with Gasteiger partial charge in [0.05, 0.1) is 11.4 Å². The maximum Gasteiger partial charge on any atom is 0.167 e. The van der Waals surface area contributed by atoms with Crippen molar-refractivity contribution in [1.29, 1.82) is 0 Å². The first-order valence-corrected chi connectivity index (χ1v) is 9.45. The zero-order chi connectivity index (χ0) is 19.9. The van der Waals surface area contributed by atoms with Crippen molar-refractivity contribution in [3.63, 3.8) is 0 Å². The summed E-state index contributed by atoms with van der Waals surface area (Å²) in [4.78, 5) is 12.3. The Morgan fingerprint density at radius 2 is 1.07 bits per heavy atom. The molecule has 0 saturated carbocycles. The van der Waals surface area contributed by atoms with Gasteiger partial charge in [-0.2, -0.15) is 10.2 Å². The largest absolute Gasteiger partial charge is 0.294 e. The van der Waals surface area contributed by atoms with Gasteiger partial charge in [-0.05, 0) is 42.0 Å². The van der Waals surface area contributed by atoms with E-state index in [4.69, 9.17) is 0 Å². The van der Waals surface area contributed by atoms with Crippen LogP contribution in [0.15, 0.2) is 95.2 Å². The molecule has 0 aliphatic heterocycles. The van der Waals surface area contributed by atoms with Crippen molar-refractivity contribution in [3.8, 4) is 0 Å². The molecule has 3 nitrogen and oxygen atoms in total. The summed E-state index contributed by atoms with van der Waals surface area (Å²) in [5.74, 6) is 0.0998. The Balaban J connectivity index is 0.000000855. The van der Waals surface area contributed by atoms with Crippen molar-refractivity contribution in [2.75, 3.05) is 0 Å². The third-order valence-electron chi connectivity index (χ3n) is 3.43. The molecule has 0 atom stereocenters. The Kier molecular flexibility index (Phi) is 10.7. The highest BCUT2D eigenvalue weighted by Crippen LogP contribution is 2.19.